The van der Waals surface area contributed by atoms with Gasteiger partial charge in [0.25, 0.3) is 0 Å². The number of pyridine rings is 1. The fourth-order valence-electron chi connectivity index (χ4n) is 3.42. The molecule has 15 heteroatoms. The van der Waals surface area contributed by atoms with Gasteiger partial charge in [-0.05, 0) is 29.5 Å². The molecule has 3 heterocycles. The van der Waals surface area contributed by atoms with Gasteiger partial charge in [0.2, 0.25) is 11.7 Å². The number of halogens is 1. The van der Waals surface area contributed by atoms with Crippen LogP contribution in [0.5, 0.6) is 0 Å². The number of anilines is 1. The van der Waals surface area contributed by atoms with Crippen LogP contribution in [0.1, 0.15) is 6.92 Å². The summed E-state index contributed by atoms with van der Waals surface area (Å²) in [5.74, 6) is -1.16. The van der Waals surface area contributed by atoms with Crippen LogP contribution in [0, 0.1) is 5.82 Å². The van der Waals surface area contributed by atoms with Crippen molar-refractivity contribution in [3.63, 3.8) is 0 Å². The summed E-state index contributed by atoms with van der Waals surface area (Å²) in [5.41, 5.74) is 1.38. The van der Waals surface area contributed by atoms with E-state index in [1.165, 1.54) is 23.1 Å². The van der Waals surface area contributed by atoms with Crippen LogP contribution in [0.3, 0.4) is 0 Å². The normalized spacial score (nSPS) is 16.0. The second-order valence-corrected chi connectivity index (χ2v) is 8.94. The van der Waals surface area contributed by atoms with Crippen molar-refractivity contribution in [2.45, 2.75) is 13.0 Å². The smallest absolute Gasteiger partial charge is 0.432 e. The molecule has 0 bridgehead atoms. The number of tetrazole rings is 1. The first-order valence-corrected chi connectivity index (χ1v) is 11.4. The fourth-order valence-corrected chi connectivity index (χ4v) is 4.18. The summed E-state index contributed by atoms with van der Waals surface area (Å²) < 4.78 is 31.8. The van der Waals surface area contributed by atoms with E-state index in [1.54, 1.807) is 19.2 Å². The van der Waals surface area contributed by atoms with Gasteiger partial charge in [0.15, 0.2) is 0 Å². The van der Waals surface area contributed by atoms with Crippen LogP contribution < -0.4 is 4.90 Å². The van der Waals surface area contributed by atoms with Crippen molar-refractivity contribution in [1.29, 1.82) is 0 Å². The predicted molar refractivity (Wildman–Crippen MR) is 114 cm³/mol. The average Bonchev–Trinajstić information content (AvgIpc) is 3.36. The molecule has 1 saturated heterocycles. The van der Waals surface area contributed by atoms with Gasteiger partial charge in [0, 0.05) is 24.2 Å². The lowest BCUT2D eigenvalue weighted by atomic mass is 10.1. The molecule has 3 aromatic rings. The summed E-state index contributed by atoms with van der Waals surface area (Å²) in [4.78, 5) is 49.1. The van der Waals surface area contributed by atoms with E-state index in [9.17, 15) is 28.3 Å². The second kappa shape index (κ2) is 8.89. The summed E-state index contributed by atoms with van der Waals surface area (Å²) in [5, 5.41) is 11.7. The molecule has 1 unspecified atom stereocenters. The van der Waals surface area contributed by atoms with Crippen LogP contribution in [0.15, 0.2) is 36.5 Å². The number of aromatic nitrogens is 5. The van der Waals surface area contributed by atoms with Crippen molar-refractivity contribution in [3.05, 3.63) is 42.3 Å². The number of cyclic esters (lactones) is 1. The van der Waals surface area contributed by atoms with E-state index in [4.69, 9.17) is 4.74 Å². The minimum Gasteiger partial charge on any atom is -0.442 e. The Morgan fingerprint density at radius 3 is 2.65 bits per heavy atom. The summed E-state index contributed by atoms with van der Waals surface area (Å²) in [6.07, 6.45) is -0.366. The molecule has 2 N–H and O–H groups in total. The lowest BCUT2D eigenvalue weighted by Crippen LogP contribution is -2.35. The molecule has 34 heavy (non-hydrogen) atoms. The largest absolute Gasteiger partial charge is 0.442 e. The van der Waals surface area contributed by atoms with E-state index in [1.807, 2.05) is 0 Å². The summed E-state index contributed by atoms with van der Waals surface area (Å²) in [7, 11) is -3.25. The lowest BCUT2D eigenvalue weighted by Gasteiger charge is -2.23. The number of carbonyl (C=O) groups excluding carboxylic acids is 2. The minimum absolute atomic E-state index is 0.122. The number of hydrogen-bond acceptors (Lipinski definition) is 8. The molecule has 0 saturated carbocycles. The molecular weight excluding hydrogens is 472 g/mol. The summed E-state index contributed by atoms with van der Waals surface area (Å²) in [6.45, 7) is 0.372. The van der Waals surface area contributed by atoms with Crippen molar-refractivity contribution >= 4 is 25.4 Å². The Balaban J connectivity index is 1.50. The first-order valence-electron chi connectivity index (χ1n) is 9.85. The van der Waals surface area contributed by atoms with E-state index >= 15 is 0 Å². The predicted octanol–water partition coefficient (Wildman–Crippen LogP) is 1.34. The van der Waals surface area contributed by atoms with E-state index in [-0.39, 0.29) is 17.8 Å². The maximum absolute atomic E-state index is 14.9. The number of benzene rings is 1. The zero-order valence-corrected chi connectivity index (χ0v) is 18.8. The van der Waals surface area contributed by atoms with Crippen LogP contribution in [0.2, 0.25) is 0 Å². The SMILES string of the molecule is CC(=O)N(CC1CN(c2ccc(-c3ccc(-c4nnn(C)n4)nc3)c(F)c2)C(=O)O1)P(=O)(O)O. The van der Waals surface area contributed by atoms with Crippen LogP contribution in [-0.4, -0.2) is 70.8 Å². The lowest BCUT2D eigenvalue weighted by molar-refractivity contribution is -0.126. The molecule has 0 spiro atoms. The van der Waals surface area contributed by atoms with E-state index in [2.05, 4.69) is 20.4 Å². The molecule has 13 nitrogen and oxygen atoms in total. The van der Waals surface area contributed by atoms with Crippen LogP contribution in [0.25, 0.3) is 22.6 Å². The van der Waals surface area contributed by atoms with Gasteiger partial charge in [0.1, 0.15) is 17.6 Å². The third-order valence-electron chi connectivity index (χ3n) is 5.00. The van der Waals surface area contributed by atoms with Gasteiger partial charge in [-0.25, -0.2) is 18.4 Å². The number of nitrogens with zero attached hydrogens (tertiary/aromatic N) is 7. The van der Waals surface area contributed by atoms with Gasteiger partial charge in [-0.1, -0.05) is 6.07 Å². The molecule has 1 aliphatic rings. The Morgan fingerprint density at radius 2 is 2.09 bits per heavy atom. The number of carbonyl (C=O) groups is 2. The third-order valence-corrected chi connectivity index (χ3v) is 6.08. The number of aryl methyl sites for hydroxylation is 1. The molecule has 2 amide bonds. The topological polar surface area (TPSA) is 164 Å². The maximum Gasteiger partial charge on any atom is 0.432 e. The van der Waals surface area contributed by atoms with Crippen molar-refractivity contribution in [2.75, 3.05) is 18.0 Å². The van der Waals surface area contributed by atoms with Crippen molar-refractivity contribution < 1.29 is 33.1 Å². The molecule has 178 valence electrons. The standard InChI is InChI=1S/C19H19FN7O6P/c1-11(28)27(34(30,31)32)10-14-9-26(19(29)33-14)13-4-5-15(16(20)7-13)12-3-6-17(21-8-12)18-22-24-25(2)23-18/h3-8,14H,9-10H2,1-2H3,(H2,30,31,32). The van der Waals surface area contributed by atoms with Crippen molar-refractivity contribution in [3.8, 4) is 22.6 Å². The summed E-state index contributed by atoms with van der Waals surface area (Å²) >= 11 is 0. The van der Waals surface area contributed by atoms with Crippen molar-refractivity contribution in [1.82, 2.24) is 29.9 Å². The van der Waals surface area contributed by atoms with Gasteiger partial charge in [0.05, 0.1) is 25.8 Å². The van der Waals surface area contributed by atoms with Crippen LogP contribution in [-0.2, 0) is 21.1 Å². The van der Waals surface area contributed by atoms with Crippen LogP contribution >= 0.6 is 7.75 Å². The molecule has 1 aromatic carbocycles. The highest BCUT2D eigenvalue weighted by Crippen LogP contribution is 2.40. The zero-order chi connectivity index (χ0) is 24.6. The molecular formula is C19H19FN7O6P. The number of amides is 2. The number of hydrogen-bond donors (Lipinski definition) is 2. The van der Waals surface area contributed by atoms with Crippen molar-refractivity contribution in [2.24, 2.45) is 7.05 Å². The van der Waals surface area contributed by atoms with Gasteiger partial charge >= 0.3 is 13.8 Å². The Kier molecular flexibility index (Phi) is 6.13. The monoisotopic (exact) mass is 491 g/mol. The highest BCUT2D eigenvalue weighted by Gasteiger charge is 2.38. The zero-order valence-electron chi connectivity index (χ0n) is 17.9. The molecule has 4 rings (SSSR count). The van der Waals surface area contributed by atoms with E-state index in [0.29, 0.717) is 21.8 Å². The van der Waals surface area contributed by atoms with E-state index in [0.717, 1.165) is 17.9 Å². The Hall–Kier alpha value is -3.74. The fraction of sp³-hybridized carbons (Fsp3) is 0.263. The summed E-state index contributed by atoms with van der Waals surface area (Å²) in [6, 6.07) is 7.40. The minimum atomic E-state index is -4.87. The number of ether oxygens (including phenoxy) is 1. The van der Waals surface area contributed by atoms with Gasteiger partial charge in [-0.3, -0.25) is 14.7 Å². The third kappa shape index (κ3) is 4.78. The van der Waals surface area contributed by atoms with Gasteiger partial charge in [-0.15, -0.1) is 10.2 Å². The Morgan fingerprint density at radius 1 is 1.32 bits per heavy atom. The second-order valence-electron chi connectivity index (χ2n) is 7.43. The first kappa shape index (κ1) is 23.4. The van der Waals surface area contributed by atoms with E-state index < -0.39 is 38.2 Å². The first-order chi connectivity index (χ1) is 16.0. The molecule has 0 aliphatic carbocycles. The molecule has 1 atom stereocenters. The average molecular weight is 491 g/mol. The maximum atomic E-state index is 14.9. The number of rotatable bonds is 6. The quantitative estimate of drug-likeness (QED) is 0.481. The highest BCUT2D eigenvalue weighted by molar-refractivity contribution is 7.49. The Labute approximate surface area is 192 Å². The Bertz CT molecular complexity index is 1290. The molecule has 1 aliphatic heterocycles. The van der Waals surface area contributed by atoms with Crippen LogP contribution in [0.4, 0.5) is 14.9 Å². The highest BCUT2D eigenvalue weighted by atomic mass is 31.2. The molecule has 0 radical (unpaired) electrons. The van der Waals surface area contributed by atoms with Gasteiger partial charge in [-0.2, -0.15) is 4.80 Å². The molecule has 2 aromatic heterocycles. The van der Waals surface area contributed by atoms with Gasteiger partial charge < -0.3 is 14.5 Å². The molecule has 1 fully saturated rings.